The second-order valence-corrected chi connectivity index (χ2v) is 5.97. The highest BCUT2D eigenvalue weighted by Crippen LogP contribution is 2.38. The second kappa shape index (κ2) is 5.15. The molecule has 5 heteroatoms. The molecule has 21 heavy (non-hydrogen) atoms. The van der Waals surface area contributed by atoms with Crippen LogP contribution in [-0.2, 0) is 13.0 Å². The lowest BCUT2D eigenvalue weighted by molar-refractivity contribution is 0.284. The first-order valence-corrected chi connectivity index (χ1v) is 7.63. The van der Waals surface area contributed by atoms with Gasteiger partial charge in [-0.3, -0.25) is 0 Å². The van der Waals surface area contributed by atoms with Crippen LogP contribution in [0.5, 0.6) is 5.75 Å². The van der Waals surface area contributed by atoms with Gasteiger partial charge in [0.05, 0.1) is 0 Å². The van der Waals surface area contributed by atoms with Gasteiger partial charge in [-0.25, -0.2) is 0 Å². The summed E-state index contributed by atoms with van der Waals surface area (Å²) >= 11 is 0. The number of nitrogens with zero attached hydrogens (tertiary/aromatic N) is 2. The van der Waals surface area contributed by atoms with E-state index in [1.165, 1.54) is 11.1 Å². The summed E-state index contributed by atoms with van der Waals surface area (Å²) in [6.45, 7) is 0.348. The van der Waals surface area contributed by atoms with Gasteiger partial charge < -0.3 is 15.0 Å². The number of hydrogen-bond acceptors (Lipinski definition) is 5. The summed E-state index contributed by atoms with van der Waals surface area (Å²) in [6.07, 6.45) is 5.61. The lowest BCUT2D eigenvalue weighted by atomic mass is 9.88. The SMILES string of the molecule is NC1CCCc2cc(OCc3noc(C4CC4)n3)ccc21. The number of nitrogens with two attached hydrogens (primary N) is 1. The fourth-order valence-corrected chi connectivity index (χ4v) is 2.89. The molecule has 1 aromatic carbocycles. The van der Waals surface area contributed by atoms with Crippen LogP contribution in [0.3, 0.4) is 0 Å². The lowest BCUT2D eigenvalue weighted by Crippen LogP contribution is -2.17. The third-order valence-electron chi connectivity index (χ3n) is 4.25. The summed E-state index contributed by atoms with van der Waals surface area (Å²) in [5.74, 6) is 2.70. The van der Waals surface area contributed by atoms with Gasteiger partial charge in [0.1, 0.15) is 5.75 Å². The number of ether oxygens (including phenoxy) is 1. The molecular weight excluding hydrogens is 266 g/mol. The number of aromatic nitrogens is 2. The third kappa shape index (κ3) is 2.65. The Hall–Kier alpha value is -1.88. The molecule has 0 bridgehead atoms. The van der Waals surface area contributed by atoms with Gasteiger partial charge in [-0.15, -0.1) is 0 Å². The van der Waals surface area contributed by atoms with E-state index in [0.29, 0.717) is 18.3 Å². The Bertz CT molecular complexity index is 649. The quantitative estimate of drug-likeness (QED) is 0.935. The molecule has 2 N–H and O–H groups in total. The maximum absolute atomic E-state index is 6.13. The molecular formula is C16H19N3O2. The van der Waals surface area contributed by atoms with Gasteiger partial charge in [0.2, 0.25) is 11.7 Å². The summed E-state index contributed by atoms with van der Waals surface area (Å²) in [6, 6.07) is 6.32. The van der Waals surface area contributed by atoms with Crippen LogP contribution in [0, 0.1) is 0 Å². The third-order valence-corrected chi connectivity index (χ3v) is 4.25. The Morgan fingerprint density at radius 1 is 1.29 bits per heavy atom. The molecule has 0 radical (unpaired) electrons. The van der Waals surface area contributed by atoms with E-state index in [0.717, 1.165) is 43.7 Å². The lowest BCUT2D eigenvalue weighted by Gasteiger charge is -2.22. The van der Waals surface area contributed by atoms with Gasteiger partial charge >= 0.3 is 0 Å². The summed E-state index contributed by atoms with van der Waals surface area (Å²) in [5, 5.41) is 3.96. The molecule has 4 rings (SSSR count). The van der Waals surface area contributed by atoms with Crippen molar-refractivity contribution in [3.05, 3.63) is 41.0 Å². The van der Waals surface area contributed by atoms with Gasteiger partial charge in [0, 0.05) is 12.0 Å². The first-order chi connectivity index (χ1) is 10.3. The first kappa shape index (κ1) is 12.8. The van der Waals surface area contributed by atoms with E-state index in [9.17, 15) is 0 Å². The smallest absolute Gasteiger partial charge is 0.229 e. The average molecular weight is 285 g/mol. The molecule has 2 aliphatic rings. The number of benzene rings is 1. The average Bonchev–Trinajstić information content (AvgIpc) is 3.24. The topological polar surface area (TPSA) is 74.2 Å². The zero-order chi connectivity index (χ0) is 14.2. The summed E-state index contributed by atoms with van der Waals surface area (Å²) < 4.78 is 11.0. The van der Waals surface area contributed by atoms with Crippen LogP contribution in [0.1, 0.15) is 60.5 Å². The Labute approximate surface area is 123 Å². The molecule has 1 fully saturated rings. The summed E-state index contributed by atoms with van der Waals surface area (Å²) in [4.78, 5) is 4.36. The Balaban J connectivity index is 1.44. The molecule has 1 heterocycles. The van der Waals surface area contributed by atoms with Crippen LogP contribution in [0.25, 0.3) is 0 Å². The maximum atomic E-state index is 6.13. The van der Waals surface area contributed by atoms with Crippen LogP contribution in [0.2, 0.25) is 0 Å². The standard InChI is InChI=1S/C16H19N3O2/c17-14-3-1-2-11-8-12(6-7-13(11)14)20-9-15-18-16(21-19-15)10-4-5-10/h6-8,10,14H,1-5,9,17H2. The monoisotopic (exact) mass is 285 g/mol. The fraction of sp³-hybridized carbons (Fsp3) is 0.500. The maximum Gasteiger partial charge on any atom is 0.229 e. The molecule has 2 aliphatic carbocycles. The first-order valence-electron chi connectivity index (χ1n) is 7.63. The van der Waals surface area contributed by atoms with E-state index in [2.05, 4.69) is 22.3 Å². The van der Waals surface area contributed by atoms with E-state index in [-0.39, 0.29) is 6.04 Å². The predicted octanol–water partition coefficient (Wildman–Crippen LogP) is 2.86. The Kier molecular flexibility index (Phi) is 3.15. The summed E-state index contributed by atoms with van der Waals surface area (Å²) in [7, 11) is 0. The van der Waals surface area contributed by atoms with Crippen LogP contribution < -0.4 is 10.5 Å². The van der Waals surface area contributed by atoms with E-state index in [1.807, 2.05) is 6.07 Å². The largest absolute Gasteiger partial charge is 0.485 e. The predicted molar refractivity (Wildman–Crippen MR) is 76.9 cm³/mol. The molecule has 2 aromatic rings. The van der Waals surface area contributed by atoms with Crippen LogP contribution in [0.15, 0.2) is 22.7 Å². The number of fused-ring (bicyclic) bond motifs is 1. The van der Waals surface area contributed by atoms with Gasteiger partial charge in [-0.1, -0.05) is 11.2 Å². The normalized spacial score (nSPS) is 21.1. The van der Waals surface area contributed by atoms with Crippen molar-refractivity contribution in [1.82, 2.24) is 10.1 Å². The molecule has 0 amide bonds. The van der Waals surface area contributed by atoms with Gasteiger partial charge in [-0.05, 0) is 55.4 Å². The molecule has 5 nitrogen and oxygen atoms in total. The molecule has 0 saturated heterocycles. The van der Waals surface area contributed by atoms with E-state index in [4.69, 9.17) is 15.0 Å². The van der Waals surface area contributed by atoms with Crippen molar-refractivity contribution in [2.45, 2.75) is 50.7 Å². The highest BCUT2D eigenvalue weighted by Gasteiger charge is 2.29. The van der Waals surface area contributed by atoms with Crippen LogP contribution in [-0.4, -0.2) is 10.1 Å². The van der Waals surface area contributed by atoms with Crippen molar-refractivity contribution in [2.75, 3.05) is 0 Å². The molecule has 1 atom stereocenters. The second-order valence-electron chi connectivity index (χ2n) is 5.97. The number of aryl methyl sites for hydroxylation is 1. The van der Waals surface area contributed by atoms with Crippen LogP contribution >= 0.6 is 0 Å². The highest BCUT2D eigenvalue weighted by molar-refractivity contribution is 5.38. The zero-order valence-corrected chi connectivity index (χ0v) is 11.9. The zero-order valence-electron chi connectivity index (χ0n) is 11.9. The van der Waals surface area contributed by atoms with Gasteiger partial charge in [0.25, 0.3) is 0 Å². The van der Waals surface area contributed by atoms with Crippen LogP contribution in [0.4, 0.5) is 0 Å². The van der Waals surface area contributed by atoms with Crippen molar-refractivity contribution >= 4 is 0 Å². The minimum Gasteiger partial charge on any atom is -0.485 e. The molecule has 110 valence electrons. The van der Waals surface area contributed by atoms with Crippen molar-refractivity contribution in [3.8, 4) is 5.75 Å². The fourth-order valence-electron chi connectivity index (χ4n) is 2.89. The number of hydrogen-bond donors (Lipinski definition) is 1. The molecule has 1 aromatic heterocycles. The Morgan fingerprint density at radius 3 is 3.05 bits per heavy atom. The molecule has 0 aliphatic heterocycles. The number of rotatable bonds is 4. The molecule has 0 spiro atoms. The van der Waals surface area contributed by atoms with E-state index >= 15 is 0 Å². The molecule has 1 unspecified atom stereocenters. The van der Waals surface area contributed by atoms with Crippen molar-refractivity contribution in [3.63, 3.8) is 0 Å². The molecule has 1 saturated carbocycles. The van der Waals surface area contributed by atoms with Crippen molar-refractivity contribution < 1.29 is 9.26 Å². The van der Waals surface area contributed by atoms with Gasteiger partial charge in [0.15, 0.2) is 6.61 Å². The minimum absolute atomic E-state index is 0.168. The van der Waals surface area contributed by atoms with Crippen molar-refractivity contribution in [1.29, 1.82) is 0 Å². The van der Waals surface area contributed by atoms with E-state index in [1.54, 1.807) is 0 Å². The minimum atomic E-state index is 0.168. The van der Waals surface area contributed by atoms with Gasteiger partial charge in [-0.2, -0.15) is 4.98 Å². The van der Waals surface area contributed by atoms with Crippen molar-refractivity contribution in [2.24, 2.45) is 5.73 Å². The Morgan fingerprint density at radius 2 is 2.19 bits per heavy atom. The van der Waals surface area contributed by atoms with E-state index < -0.39 is 0 Å². The highest BCUT2D eigenvalue weighted by atomic mass is 16.5. The summed E-state index contributed by atoms with van der Waals surface area (Å²) in [5.41, 5.74) is 8.68.